The molecule has 1 saturated heterocycles. The highest BCUT2D eigenvalue weighted by molar-refractivity contribution is 6.30. The van der Waals surface area contributed by atoms with Gasteiger partial charge >= 0.3 is 6.43 Å². The van der Waals surface area contributed by atoms with E-state index in [1.54, 1.807) is 12.3 Å². The molecule has 1 aliphatic rings. The minimum atomic E-state index is -2.91. The number of nitrogens with zero attached hydrogens (tertiary/aromatic N) is 7. The number of halogens is 4. The number of rotatable bonds is 7. The Morgan fingerprint density at radius 1 is 1.03 bits per heavy atom. The van der Waals surface area contributed by atoms with Gasteiger partial charge in [-0.05, 0) is 49.3 Å². The fourth-order valence-corrected chi connectivity index (χ4v) is 3.75. The van der Waals surface area contributed by atoms with Crippen LogP contribution in [-0.4, -0.2) is 48.2 Å². The molecule has 0 aliphatic carbocycles. The van der Waals surface area contributed by atoms with Crippen LogP contribution in [0.2, 0.25) is 5.02 Å². The predicted molar refractivity (Wildman–Crippen MR) is 112 cm³/mol. The number of hydrogen-bond donors (Lipinski definition) is 0. The van der Waals surface area contributed by atoms with E-state index in [4.69, 9.17) is 16.0 Å². The average molecular weight is 476 g/mol. The minimum Gasteiger partial charge on any atom is -0.415 e. The van der Waals surface area contributed by atoms with E-state index in [-0.39, 0.29) is 23.7 Å². The molecule has 12 heteroatoms. The van der Waals surface area contributed by atoms with Crippen molar-refractivity contribution >= 4 is 11.6 Å². The summed E-state index contributed by atoms with van der Waals surface area (Å²) in [6.45, 7) is 3.00. The Bertz CT molecular complexity index is 1290. The molecule has 8 nitrogen and oxygen atoms in total. The van der Waals surface area contributed by atoms with Crippen molar-refractivity contribution < 1.29 is 17.6 Å². The standard InChI is InChI=1S/C21H17ClF3N7O/c22-15-5-12(9-31-2-1-3-31)4-13(6-15)17-10-32(30-27-17)11-18-16(23)7-14(8-26-18)20-28-29-21(33-20)19(24)25/h4-8,10,19H,1-3,9,11H2. The van der Waals surface area contributed by atoms with E-state index in [0.29, 0.717) is 10.7 Å². The average Bonchev–Trinajstić information content (AvgIpc) is 3.42. The Balaban J connectivity index is 1.32. The molecular weight excluding hydrogens is 459 g/mol. The van der Waals surface area contributed by atoms with Crippen LogP contribution < -0.4 is 0 Å². The summed E-state index contributed by atoms with van der Waals surface area (Å²) in [7, 11) is 0. The Morgan fingerprint density at radius 3 is 2.58 bits per heavy atom. The number of hydrogen-bond acceptors (Lipinski definition) is 7. The fraction of sp³-hybridized carbons (Fsp3) is 0.286. The summed E-state index contributed by atoms with van der Waals surface area (Å²) in [5, 5.41) is 15.6. The summed E-state index contributed by atoms with van der Waals surface area (Å²) in [6, 6.07) is 6.86. The summed E-state index contributed by atoms with van der Waals surface area (Å²) in [5.74, 6) is -1.74. The quantitative estimate of drug-likeness (QED) is 0.392. The van der Waals surface area contributed by atoms with Gasteiger partial charge in [0.1, 0.15) is 11.5 Å². The molecular formula is C21H17ClF3N7O. The van der Waals surface area contributed by atoms with E-state index in [1.165, 1.54) is 17.3 Å². The largest absolute Gasteiger partial charge is 0.415 e. The summed E-state index contributed by atoms with van der Waals surface area (Å²) >= 11 is 6.29. The second-order valence-electron chi connectivity index (χ2n) is 7.68. The molecule has 4 heterocycles. The van der Waals surface area contributed by atoms with Gasteiger partial charge in [-0.2, -0.15) is 8.78 Å². The molecule has 0 amide bonds. The topological polar surface area (TPSA) is 85.8 Å². The zero-order chi connectivity index (χ0) is 22.9. The van der Waals surface area contributed by atoms with E-state index in [0.717, 1.165) is 36.8 Å². The fourth-order valence-electron chi connectivity index (χ4n) is 3.49. The Kier molecular flexibility index (Phi) is 5.81. The minimum absolute atomic E-state index is 0.0203. The molecule has 1 aromatic carbocycles. The second kappa shape index (κ2) is 8.91. The molecule has 4 aromatic rings. The maximum atomic E-state index is 14.6. The third kappa shape index (κ3) is 4.74. The van der Waals surface area contributed by atoms with E-state index < -0.39 is 18.1 Å². The maximum Gasteiger partial charge on any atom is 0.314 e. The lowest BCUT2D eigenvalue weighted by Gasteiger charge is -2.30. The third-order valence-corrected chi connectivity index (χ3v) is 5.47. The van der Waals surface area contributed by atoms with Crippen LogP contribution in [-0.2, 0) is 13.1 Å². The van der Waals surface area contributed by atoms with Gasteiger partial charge in [0.05, 0.1) is 24.0 Å². The SMILES string of the molecule is Fc1cc(-c2nnc(C(F)F)o2)cnc1Cn1cc(-c2cc(Cl)cc(CN3CCC3)c2)nn1. The van der Waals surface area contributed by atoms with Gasteiger partial charge in [-0.15, -0.1) is 15.3 Å². The van der Waals surface area contributed by atoms with Gasteiger partial charge in [0, 0.05) is 23.3 Å². The Labute approximate surface area is 191 Å². The van der Waals surface area contributed by atoms with E-state index >= 15 is 0 Å². The van der Waals surface area contributed by atoms with Crippen LogP contribution in [0.15, 0.2) is 41.1 Å². The number of pyridine rings is 1. The molecule has 0 radical (unpaired) electrons. The molecule has 1 aliphatic heterocycles. The summed E-state index contributed by atoms with van der Waals surface area (Å²) in [5.41, 5.74) is 2.70. The van der Waals surface area contributed by atoms with Gasteiger partial charge in [-0.25, -0.2) is 9.07 Å². The summed E-state index contributed by atoms with van der Waals surface area (Å²) in [6.07, 6.45) is 1.26. The first-order chi connectivity index (χ1) is 15.9. The predicted octanol–water partition coefficient (Wildman–Crippen LogP) is 4.37. The lowest BCUT2D eigenvalue weighted by atomic mass is 10.1. The molecule has 5 rings (SSSR count). The molecule has 1 fully saturated rings. The highest BCUT2D eigenvalue weighted by Gasteiger charge is 2.19. The first kappa shape index (κ1) is 21.5. The highest BCUT2D eigenvalue weighted by atomic mass is 35.5. The van der Waals surface area contributed by atoms with E-state index in [2.05, 4.69) is 30.4 Å². The number of likely N-dealkylation sites (tertiary alicyclic amines) is 1. The monoisotopic (exact) mass is 475 g/mol. The summed E-state index contributed by atoms with van der Waals surface area (Å²) < 4.78 is 46.1. The number of benzene rings is 1. The lowest BCUT2D eigenvalue weighted by Crippen LogP contribution is -2.36. The molecule has 0 unspecified atom stereocenters. The molecule has 0 spiro atoms. The zero-order valence-corrected chi connectivity index (χ0v) is 17.9. The van der Waals surface area contributed by atoms with Crippen LogP contribution >= 0.6 is 11.6 Å². The number of alkyl halides is 2. The summed E-state index contributed by atoms with van der Waals surface area (Å²) in [4.78, 5) is 6.38. The van der Waals surface area contributed by atoms with Gasteiger partial charge < -0.3 is 4.42 Å². The van der Waals surface area contributed by atoms with Crippen molar-refractivity contribution in [3.63, 3.8) is 0 Å². The first-order valence-corrected chi connectivity index (χ1v) is 10.5. The molecule has 0 N–H and O–H groups in total. The van der Waals surface area contributed by atoms with Crippen LogP contribution in [0.3, 0.4) is 0 Å². The van der Waals surface area contributed by atoms with Crippen molar-refractivity contribution in [2.24, 2.45) is 0 Å². The van der Waals surface area contributed by atoms with Crippen molar-refractivity contribution in [2.45, 2.75) is 25.9 Å². The van der Waals surface area contributed by atoms with Crippen molar-refractivity contribution in [1.82, 2.24) is 35.1 Å². The van der Waals surface area contributed by atoms with Crippen LogP contribution in [0.5, 0.6) is 0 Å². The van der Waals surface area contributed by atoms with Gasteiger partial charge in [-0.3, -0.25) is 9.88 Å². The maximum absolute atomic E-state index is 14.6. The van der Waals surface area contributed by atoms with Crippen LogP contribution in [0.4, 0.5) is 13.2 Å². The van der Waals surface area contributed by atoms with Gasteiger partial charge in [0.25, 0.3) is 5.89 Å². The molecule has 0 atom stereocenters. The van der Waals surface area contributed by atoms with E-state index in [1.807, 2.05) is 12.1 Å². The smallest absolute Gasteiger partial charge is 0.314 e. The Morgan fingerprint density at radius 2 is 1.88 bits per heavy atom. The molecule has 170 valence electrons. The van der Waals surface area contributed by atoms with Gasteiger partial charge in [0.2, 0.25) is 5.89 Å². The highest BCUT2D eigenvalue weighted by Crippen LogP contribution is 2.26. The zero-order valence-electron chi connectivity index (χ0n) is 17.1. The normalized spacial score (nSPS) is 14.1. The first-order valence-electron chi connectivity index (χ1n) is 10.1. The second-order valence-corrected chi connectivity index (χ2v) is 8.11. The molecule has 33 heavy (non-hydrogen) atoms. The van der Waals surface area contributed by atoms with Crippen molar-refractivity contribution in [3.05, 3.63) is 64.6 Å². The molecule has 0 saturated carbocycles. The van der Waals surface area contributed by atoms with Gasteiger partial charge in [-0.1, -0.05) is 16.8 Å². The van der Waals surface area contributed by atoms with Crippen LogP contribution in [0.1, 0.15) is 30.0 Å². The van der Waals surface area contributed by atoms with Crippen molar-refractivity contribution in [1.29, 1.82) is 0 Å². The van der Waals surface area contributed by atoms with E-state index in [9.17, 15) is 13.2 Å². The Hall–Kier alpha value is -3.31. The third-order valence-electron chi connectivity index (χ3n) is 5.25. The van der Waals surface area contributed by atoms with Crippen LogP contribution in [0, 0.1) is 5.82 Å². The molecule has 3 aromatic heterocycles. The van der Waals surface area contributed by atoms with Crippen molar-refractivity contribution in [2.75, 3.05) is 13.1 Å². The molecule has 0 bridgehead atoms. The lowest BCUT2D eigenvalue weighted by molar-refractivity contribution is 0.116. The van der Waals surface area contributed by atoms with Gasteiger partial charge in [0.15, 0.2) is 0 Å². The van der Waals surface area contributed by atoms with Crippen molar-refractivity contribution in [3.8, 4) is 22.7 Å². The number of aromatic nitrogens is 6. The van der Waals surface area contributed by atoms with Crippen LogP contribution in [0.25, 0.3) is 22.7 Å².